The lowest BCUT2D eigenvalue weighted by Crippen LogP contribution is -2.25. The summed E-state index contributed by atoms with van der Waals surface area (Å²) in [6.45, 7) is 6.34. The molecule has 1 aromatic carbocycles. The van der Waals surface area contributed by atoms with Crippen molar-refractivity contribution in [2.75, 3.05) is 13.7 Å². The molecule has 128 valence electrons. The molecule has 0 amide bonds. The van der Waals surface area contributed by atoms with Crippen molar-refractivity contribution in [1.29, 1.82) is 0 Å². The molecule has 3 rings (SSSR count). The van der Waals surface area contributed by atoms with Crippen LogP contribution in [0.5, 0.6) is 5.75 Å². The first kappa shape index (κ1) is 17.2. The van der Waals surface area contributed by atoms with Gasteiger partial charge < -0.3 is 9.64 Å². The molecule has 0 saturated heterocycles. The molecule has 0 unspecified atom stereocenters. The van der Waals surface area contributed by atoms with Crippen LogP contribution in [0.25, 0.3) is 11.3 Å². The summed E-state index contributed by atoms with van der Waals surface area (Å²) in [5.41, 5.74) is 3.19. The maximum Gasteiger partial charge on any atom is 0.146 e. The highest BCUT2D eigenvalue weighted by molar-refractivity contribution is 6.32. The molecule has 2 aromatic rings. The van der Waals surface area contributed by atoms with Crippen LogP contribution in [-0.2, 0) is 0 Å². The molecule has 0 aliphatic carbocycles. The Morgan fingerprint density at radius 3 is 2.60 bits per heavy atom. The Hall–Kier alpha value is -2.59. The number of aromatic nitrogens is 1. The normalized spacial score (nSPS) is 14.6. The van der Waals surface area contributed by atoms with Gasteiger partial charge in [0.2, 0.25) is 0 Å². The summed E-state index contributed by atoms with van der Waals surface area (Å²) >= 11 is 6.45. The summed E-state index contributed by atoms with van der Waals surface area (Å²) in [7, 11) is 1.56. The fraction of sp³-hybridized carbons (Fsp3) is 0.150. The highest BCUT2D eigenvalue weighted by atomic mass is 35.5. The number of rotatable bonds is 4. The fourth-order valence-corrected chi connectivity index (χ4v) is 3.08. The van der Waals surface area contributed by atoms with Crippen LogP contribution in [-0.4, -0.2) is 23.5 Å². The number of pyridine rings is 1. The monoisotopic (exact) mass is 356 g/mol. The standard InChI is InChI=1S/C20H18ClFN2O/c1-4-24-13(2)18(22)11-16(14-8-6-5-7-9-14)20(24)19-17(21)10-15(25-3)12-23-19/h5-12H,2,4H2,1,3H3. The van der Waals surface area contributed by atoms with Crippen LogP contribution in [0.2, 0.25) is 5.02 Å². The summed E-state index contributed by atoms with van der Waals surface area (Å²) in [6, 6.07) is 11.3. The molecule has 1 aliphatic rings. The van der Waals surface area contributed by atoms with Gasteiger partial charge in [-0.1, -0.05) is 48.5 Å². The van der Waals surface area contributed by atoms with E-state index in [0.29, 0.717) is 34.3 Å². The van der Waals surface area contributed by atoms with Gasteiger partial charge in [-0.25, -0.2) is 9.37 Å². The number of hydrogen-bond donors (Lipinski definition) is 0. The molecule has 0 saturated carbocycles. The van der Waals surface area contributed by atoms with Crippen molar-refractivity contribution in [3.8, 4) is 5.75 Å². The van der Waals surface area contributed by atoms with Crippen molar-refractivity contribution in [2.24, 2.45) is 0 Å². The lowest BCUT2D eigenvalue weighted by Gasteiger charge is -2.32. The van der Waals surface area contributed by atoms with Crippen molar-refractivity contribution < 1.29 is 9.13 Å². The third-order valence-corrected chi connectivity index (χ3v) is 4.36. The first-order valence-corrected chi connectivity index (χ1v) is 8.28. The summed E-state index contributed by atoms with van der Waals surface area (Å²) in [4.78, 5) is 6.25. The Morgan fingerprint density at radius 2 is 2.00 bits per heavy atom. The summed E-state index contributed by atoms with van der Waals surface area (Å²) in [6.07, 6.45) is 3.09. The van der Waals surface area contributed by atoms with E-state index in [-0.39, 0.29) is 5.83 Å². The molecule has 3 nitrogen and oxygen atoms in total. The maximum absolute atomic E-state index is 14.5. The number of nitrogens with zero attached hydrogens (tertiary/aromatic N) is 2. The number of hydrogen-bond acceptors (Lipinski definition) is 3. The van der Waals surface area contributed by atoms with E-state index in [1.807, 2.05) is 37.3 Å². The van der Waals surface area contributed by atoms with Crippen molar-refractivity contribution in [3.63, 3.8) is 0 Å². The fourth-order valence-electron chi connectivity index (χ4n) is 2.84. The van der Waals surface area contributed by atoms with Crippen LogP contribution in [0.3, 0.4) is 0 Å². The van der Waals surface area contributed by atoms with Gasteiger partial charge in [-0.2, -0.15) is 0 Å². The average molecular weight is 357 g/mol. The number of likely N-dealkylation sites (N-methyl/N-ethyl adjacent to an activating group) is 1. The maximum atomic E-state index is 14.5. The van der Waals surface area contributed by atoms with Gasteiger partial charge in [0, 0.05) is 18.2 Å². The molecule has 25 heavy (non-hydrogen) atoms. The van der Waals surface area contributed by atoms with Crippen molar-refractivity contribution >= 4 is 22.9 Å². The highest BCUT2D eigenvalue weighted by Gasteiger charge is 2.28. The van der Waals surface area contributed by atoms with E-state index in [9.17, 15) is 4.39 Å². The number of ether oxygens (including phenoxy) is 1. The van der Waals surface area contributed by atoms with Crippen LogP contribution >= 0.6 is 11.6 Å². The molecule has 1 aromatic heterocycles. The molecule has 1 aliphatic heterocycles. The minimum absolute atomic E-state index is 0.297. The Kier molecular flexibility index (Phi) is 4.91. The smallest absolute Gasteiger partial charge is 0.146 e. The van der Waals surface area contributed by atoms with Gasteiger partial charge in [0.1, 0.15) is 17.3 Å². The Bertz CT molecular complexity index is 875. The molecule has 0 radical (unpaired) electrons. The van der Waals surface area contributed by atoms with Crippen LogP contribution < -0.4 is 4.74 Å². The van der Waals surface area contributed by atoms with Crippen LogP contribution in [0.4, 0.5) is 4.39 Å². The second-order valence-corrected chi connectivity index (χ2v) is 5.92. The van der Waals surface area contributed by atoms with Crippen LogP contribution in [0.15, 0.2) is 66.8 Å². The lowest BCUT2D eigenvalue weighted by atomic mass is 9.96. The largest absolute Gasteiger partial charge is 0.495 e. The van der Waals surface area contributed by atoms with Crippen LogP contribution in [0.1, 0.15) is 18.2 Å². The molecular formula is C20H18ClFN2O. The first-order chi connectivity index (χ1) is 12.1. The van der Waals surface area contributed by atoms with Gasteiger partial charge in [0.25, 0.3) is 0 Å². The molecule has 0 fully saturated rings. The lowest BCUT2D eigenvalue weighted by molar-refractivity contribution is 0.412. The van der Waals surface area contributed by atoms with E-state index in [0.717, 1.165) is 11.3 Å². The third-order valence-electron chi connectivity index (χ3n) is 4.07. The second kappa shape index (κ2) is 7.11. The predicted molar refractivity (Wildman–Crippen MR) is 99.8 cm³/mol. The number of allylic oxidation sites excluding steroid dienone is 3. The molecule has 0 atom stereocenters. The number of methoxy groups -OCH3 is 1. The number of halogens is 2. The van der Waals surface area contributed by atoms with Gasteiger partial charge in [-0.05, 0) is 18.6 Å². The van der Waals surface area contributed by atoms with Crippen molar-refractivity contribution in [1.82, 2.24) is 9.88 Å². The molecule has 0 N–H and O–H groups in total. The Morgan fingerprint density at radius 1 is 1.28 bits per heavy atom. The Labute approximate surface area is 151 Å². The predicted octanol–water partition coefficient (Wildman–Crippen LogP) is 5.31. The molecule has 0 bridgehead atoms. The second-order valence-electron chi connectivity index (χ2n) is 5.52. The van der Waals surface area contributed by atoms with Gasteiger partial charge in [0.05, 0.1) is 29.7 Å². The quantitative estimate of drug-likeness (QED) is 0.741. The van der Waals surface area contributed by atoms with E-state index >= 15 is 0 Å². The van der Waals surface area contributed by atoms with E-state index in [4.69, 9.17) is 16.3 Å². The average Bonchev–Trinajstić information content (AvgIpc) is 2.64. The minimum atomic E-state index is -0.367. The van der Waals surface area contributed by atoms with Gasteiger partial charge in [0.15, 0.2) is 0 Å². The zero-order valence-corrected chi connectivity index (χ0v) is 14.8. The Balaban J connectivity index is 2.29. The van der Waals surface area contributed by atoms with E-state index < -0.39 is 0 Å². The topological polar surface area (TPSA) is 25.4 Å². The third kappa shape index (κ3) is 3.17. The summed E-state index contributed by atoms with van der Waals surface area (Å²) < 4.78 is 19.6. The highest BCUT2D eigenvalue weighted by Crippen LogP contribution is 2.41. The summed E-state index contributed by atoms with van der Waals surface area (Å²) in [5.74, 6) is 0.198. The van der Waals surface area contributed by atoms with Gasteiger partial charge >= 0.3 is 0 Å². The van der Waals surface area contributed by atoms with Crippen molar-refractivity contribution in [3.05, 3.63) is 83.1 Å². The van der Waals surface area contributed by atoms with E-state index in [2.05, 4.69) is 11.6 Å². The zero-order valence-electron chi connectivity index (χ0n) is 14.1. The molecular weight excluding hydrogens is 339 g/mol. The van der Waals surface area contributed by atoms with Crippen molar-refractivity contribution in [2.45, 2.75) is 6.92 Å². The minimum Gasteiger partial charge on any atom is -0.495 e. The molecule has 5 heteroatoms. The van der Waals surface area contributed by atoms with Crippen LogP contribution in [0, 0.1) is 0 Å². The molecule has 2 heterocycles. The SMILES string of the molecule is C=C1C(F)=CC(c2ccccc2)=C(c2ncc(OC)cc2Cl)N1CC. The number of benzene rings is 1. The van der Waals surface area contributed by atoms with E-state index in [1.54, 1.807) is 24.3 Å². The van der Waals surface area contributed by atoms with Gasteiger partial charge in [-0.3, -0.25) is 0 Å². The summed E-state index contributed by atoms with van der Waals surface area (Å²) in [5, 5.41) is 0.435. The molecule has 0 spiro atoms. The van der Waals surface area contributed by atoms with Gasteiger partial charge in [-0.15, -0.1) is 0 Å². The first-order valence-electron chi connectivity index (χ1n) is 7.90. The zero-order chi connectivity index (χ0) is 18.0. The van der Waals surface area contributed by atoms with E-state index in [1.165, 1.54) is 6.08 Å².